The zero-order valence-corrected chi connectivity index (χ0v) is 17.9. The lowest BCUT2D eigenvalue weighted by atomic mass is 9.94. The summed E-state index contributed by atoms with van der Waals surface area (Å²) in [6, 6.07) is 0. The highest BCUT2D eigenvalue weighted by Crippen LogP contribution is 2.48. The van der Waals surface area contributed by atoms with Gasteiger partial charge in [0.2, 0.25) is 0 Å². The summed E-state index contributed by atoms with van der Waals surface area (Å²) in [6.07, 6.45) is 13.6. The van der Waals surface area contributed by atoms with E-state index in [2.05, 4.69) is 6.92 Å². The molecule has 2 spiro atoms. The highest BCUT2D eigenvalue weighted by molar-refractivity contribution is 5.01. The van der Waals surface area contributed by atoms with E-state index < -0.39 is 11.6 Å². The van der Waals surface area contributed by atoms with Crippen molar-refractivity contribution in [3.05, 3.63) is 0 Å². The quantitative estimate of drug-likeness (QED) is 0.604. The number of hydrogen-bond acceptors (Lipinski definition) is 6. The van der Waals surface area contributed by atoms with E-state index in [9.17, 15) is 0 Å². The van der Waals surface area contributed by atoms with Gasteiger partial charge in [-0.25, -0.2) is 0 Å². The Kier molecular flexibility index (Phi) is 6.21. The molecule has 0 aromatic carbocycles. The largest absolute Gasteiger partial charge is 0.372 e. The summed E-state index contributed by atoms with van der Waals surface area (Å²) in [5, 5.41) is 0. The molecule has 6 heteroatoms. The predicted molar refractivity (Wildman–Crippen MR) is 106 cm³/mol. The van der Waals surface area contributed by atoms with Crippen LogP contribution in [0.2, 0.25) is 0 Å². The van der Waals surface area contributed by atoms with Crippen LogP contribution in [0.3, 0.4) is 0 Å². The zero-order chi connectivity index (χ0) is 19.7. The van der Waals surface area contributed by atoms with Crippen molar-refractivity contribution >= 4 is 0 Å². The van der Waals surface area contributed by atoms with E-state index in [4.69, 9.17) is 28.4 Å². The fourth-order valence-electron chi connectivity index (χ4n) is 5.84. The van der Waals surface area contributed by atoms with Gasteiger partial charge in [-0.15, -0.1) is 0 Å². The minimum atomic E-state index is -0.457. The Labute approximate surface area is 174 Å². The van der Waals surface area contributed by atoms with E-state index in [1.807, 2.05) is 0 Å². The molecule has 5 rings (SSSR count). The van der Waals surface area contributed by atoms with Crippen molar-refractivity contribution in [3.8, 4) is 0 Å². The maximum Gasteiger partial charge on any atom is 0.190 e. The molecule has 3 aliphatic heterocycles. The summed E-state index contributed by atoms with van der Waals surface area (Å²) < 4.78 is 38.4. The van der Waals surface area contributed by atoms with Crippen LogP contribution in [0.1, 0.15) is 90.4 Å². The number of hydrogen-bond donors (Lipinski definition) is 0. The molecular weight excluding hydrogens is 372 g/mol. The Morgan fingerprint density at radius 3 is 2.24 bits per heavy atom. The topological polar surface area (TPSA) is 55.4 Å². The van der Waals surface area contributed by atoms with Gasteiger partial charge in [0.05, 0.1) is 6.61 Å². The predicted octanol–water partition coefficient (Wildman–Crippen LogP) is 4.44. The highest BCUT2D eigenvalue weighted by Gasteiger charge is 2.61. The van der Waals surface area contributed by atoms with Crippen molar-refractivity contribution in [3.63, 3.8) is 0 Å². The minimum Gasteiger partial charge on any atom is -0.372 e. The molecular formula is C23H38O6. The van der Waals surface area contributed by atoms with Crippen molar-refractivity contribution in [2.45, 2.75) is 133 Å². The van der Waals surface area contributed by atoms with Crippen LogP contribution < -0.4 is 0 Å². The number of fused-ring (bicyclic) bond motifs is 1. The smallest absolute Gasteiger partial charge is 0.190 e. The average molecular weight is 411 g/mol. The molecule has 29 heavy (non-hydrogen) atoms. The van der Waals surface area contributed by atoms with Gasteiger partial charge in [0.15, 0.2) is 17.9 Å². The molecule has 3 saturated heterocycles. The van der Waals surface area contributed by atoms with Crippen LogP contribution in [0, 0.1) is 0 Å². The fourth-order valence-corrected chi connectivity index (χ4v) is 5.84. The van der Waals surface area contributed by atoms with Gasteiger partial charge in [-0.05, 0) is 32.1 Å². The van der Waals surface area contributed by atoms with Crippen molar-refractivity contribution in [2.24, 2.45) is 0 Å². The van der Waals surface area contributed by atoms with Crippen LogP contribution >= 0.6 is 0 Å². The minimum absolute atomic E-state index is 0.107. The Morgan fingerprint density at radius 1 is 0.793 bits per heavy atom. The molecule has 166 valence electrons. The maximum absolute atomic E-state index is 6.54. The lowest BCUT2D eigenvalue weighted by molar-refractivity contribution is -0.262. The second kappa shape index (κ2) is 8.71. The Morgan fingerprint density at radius 2 is 1.52 bits per heavy atom. The monoisotopic (exact) mass is 410 g/mol. The third-order valence-corrected chi connectivity index (χ3v) is 7.42. The van der Waals surface area contributed by atoms with Gasteiger partial charge in [-0.1, -0.05) is 32.6 Å². The SMILES string of the molecule is CCCCCO[C@@H]1[C@H]([C@@H]2COC3(CCCCC3)O2)O[C@H]2OC3(CCCCC3)O[C@@H]21. The number of unbranched alkanes of at least 4 members (excludes halogenated alkanes) is 2. The number of rotatable bonds is 6. The molecule has 2 aliphatic carbocycles. The van der Waals surface area contributed by atoms with Gasteiger partial charge in [-0.3, -0.25) is 0 Å². The zero-order valence-electron chi connectivity index (χ0n) is 17.9. The molecule has 0 amide bonds. The third kappa shape index (κ3) is 4.13. The average Bonchev–Trinajstić information content (AvgIpc) is 3.39. The van der Waals surface area contributed by atoms with Gasteiger partial charge in [0.25, 0.3) is 0 Å². The second-order valence-electron chi connectivity index (χ2n) is 9.62. The van der Waals surface area contributed by atoms with Crippen LogP contribution in [0.5, 0.6) is 0 Å². The summed E-state index contributed by atoms with van der Waals surface area (Å²) in [7, 11) is 0. The van der Waals surface area contributed by atoms with Crippen molar-refractivity contribution in [1.82, 2.24) is 0 Å². The number of ether oxygens (including phenoxy) is 6. The van der Waals surface area contributed by atoms with Crippen LogP contribution in [0.4, 0.5) is 0 Å². The third-order valence-electron chi connectivity index (χ3n) is 7.42. The lowest BCUT2D eigenvalue weighted by Gasteiger charge is -2.35. The molecule has 0 bridgehead atoms. The maximum atomic E-state index is 6.54. The van der Waals surface area contributed by atoms with Gasteiger partial charge >= 0.3 is 0 Å². The molecule has 0 radical (unpaired) electrons. The Hall–Kier alpha value is -0.240. The molecule has 0 N–H and O–H groups in total. The van der Waals surface area contributed by atoms with Crippen LogP contribution in [-0.4, -0.2) is 55.5 Å². The van der Waals surface area contributed by atoms with Crippen molar-refractivity contribution in [1.29, 1.82) is 0 Å². The lowest BCUT2D eigenvalue weighted by Crippen LogP contribution is -2.46. The second-order valence-corrected chi connectivity index (χ2v) is 9.62. The summed E-state index contributed by atoms with van der Waals surface area (Å²) >= 11 is 0. The molecule has 5 fully saturated rings. The molecule has 5 aliphatic rings. The Bertz CT molecular complexity index is 541. The van der Waals surface area contributed by atoms with E-state index in [-0.39, 0.29) is 30.7 Å². The van der Waals surface area contributed by atoms with E-state index in [1.165, 1.54) is 38.5 Å². The van der Waals surface area contributed by atoms with Crippen molar-refractivity contribution < 1.29 is 28.4 Å². The first-order valence-electron chi connectivity index (χ1n) is 12.2. The fraction of sp³-hybridized carbons (Fsp3) is 1.00. The molecule has 0 unspecified atom stereocenters. The molecule has 0 aromatic rings. The van der Waals surface area contributed by atoms with Gasteiger partial charge in [-0.2, -0.15) is 0 Å². The first-order chi connectivity index (χ1) is 14.2. The molecule has 6 nitrogen and oxygen atoms in total. The van der Waals surface area contributed by atoms with Gasteiger partial charge < -0.3 is 28.4 Å². The van der Waals surface area contributed by atoms with Crippen LogP contribution in [0.25, 0.3) is 0 Å². The summed E-state index contributed by atoms with van der Waals surface area (Å²) in [6.45, 7) is 3.52. The first-order valence-corrected chi connectivity index (χ1v) is 12.2. The van der Waals surface area contributed by atoms with Crippen LogP contribution in [0.15, 0.2) is 0 Å². The van der Waals surface area contributed by atoms with E-state index in [1.54, 1.807) is 0 Å². The summed E-state index contributed by atoms with van der Waals surface area (Å²) in [5.74, 6) is -0.857. The van der Waals surface area contributed by atoms with Crippen LogP contribution in [-0.2, 0) is 28.4 Å². The van der Waals surface area contributed by atoms with Gasteiger partial charge in [0.1, 0.15) is 24.4 Å². The van der Waals surface area contributed by atoms with E-state index in [0.29, 0.717) is 6.61 Å². The standard InChI is InChI=1S/C23H38O6/c1-2-3-10-15-24-19-18(17-16-25-22(27-17)11-6-4-7-12-22)26-21-20(19)28-23(29-21)13-8-5-9-14-23/h17-21H,2-16H2,1H3/t17-,18-,19+,20+,21-/m0/s1. The molecule has 5 atom stereocenters. The summed E-state index contributed by atoms with van der Waals surface area (Å²) in [5.41, 5.74) is 0. The first kappa shape index (κ1) is 20.7. The van der Waals surface area contributed by atoms with Gasteiger partial charge in [0, 0.05) is 32.3 Å². The van der Waals surface area contributed by atoms with E-state index in [0.717, 1.165) is 51.6 Å². The molecule has 3 heterocycles. The Balaban J connectivity index is 1.27. The van der Waals surface area contributed by atoms with Crippen molar-refractivity contribution in [2.75, 3.05) is 13.2 Å². The normalized spacial score (nSPS) is 40.7. The molecule has 2 saturated carbocycles. The highest BCUT2D eigenvalue weighted by atomic mass is 16.9. The summed E-state index contributed by atoms with van der Waals surface area (Å²) in [4.78, 5) is 0. The van der Waals surface area contributed by atoms with E-state index >= 15 is 0 Å². The molecule has 0 aromatic heterocycles.